The van der Waals surface area contributed by atoms with Gasteiger partial charge in [-0.05, 0) is 42.5 Å². The number of aromatic nitrogens is 3. The van der Waals surface area contributed by atoms with E-state index in [1.54, 1.807) is 0 Å². The summed E-state index contributed by atoms with van der Waals surface area (Å²) in [5.41, 5.74) is 3.88. The zero-order chi connectivity index (χ0) is 13.4. The Morgan fingerprint density at radius 2 is 1.95 bits per heavy atom. The zero-order valence-corrected chi connectivity index (χ0v) is 11.9. The van der Waals surface area contributed by atoms with Crippen molar-refractivity contribution in [2.45, 2.75) is 29.7 Å². The van der Waals surface area contributed by atoms with Crippen LogP contribution in [0.25, 0.3) is 5.65 Å². The number of benzene rings is 1. The maximum absolute atomic E-state index is 4.34. The van der Waals surface area contributed by atoms with Crippen LogP contribution in [0, 0.1) is 0 Å². The second-order valence-electron chi connectivity index (χ2n) is 5.11. The van der Waals surface area contributed by atoms with Gasteiger partial charge in [-0.25, -0.2) is 0 Å². The van der Waals surface area contributed by atoms with Crippen LogP contribution in [0.3, 0.4) is 0 Å². The third-order valence-corrected chi connectivity index (χ3v) is 5.11. The van der Waals surface area contributed by atoms with Gasteiger partial charge in [0.15, 0.2) is 10.8 Å². The fourth-order valence-electron chi connectivity index (χ4n) is 2.86. The summed E-state index contributed by atoms with van der Waals surface area (Å²) in [5, 5.41) is 10.1. The van der Waals surface area contributed by atoms with Crippen LogP contribution in [0.5, 0.6) is 0 Å². The molecule has 0 aliphatic heterocycles. The highest BCUT2D eigenvalue weighted by Crippen LogP contribution is 2.42. The van der Waals surface area contributed by atoms with E-state index in [9.17, 15) is 0 Å². The van der Waals surface area contributed by atoms with Gasteiger partial charge in [-0.15, -0.1) is 10.2 Å². The van der Waals surface area contributed by atoms with Crippen LogP contribution >= 0.6 is 11.8 Å². The summed E-state index contributed by atoms with van der Waals surface area (Å²) in [4.78, 5) is 0. The molecule has 0 N–H and O–H groups in total. The molecule has 1 atom stereocenters. The summed E-state index contributed by atoms with van der Waals surface area (Å²) >= 11 is 1.83. The van der Waals surface area contributed by atoms with Crippen molar-refractivity contribution in [2.24, 2.45) is 0 Å². The summed E-state index contributed by atoms with van der Waals surface area (Å²) in [5.74, 6) is 0. The number of nitrogens with zero attached hydrogens (tertiary/aromatic N) is 3. The van der Waals surface area contributed by atoms with Crippen molar-refractivity contribution in [1.29, 1.82) is 0 Å². The summed E-state index contributed by atoms with van der Waals surface area (Å²) < 4.78 is 2.07. The van der Waals surface area contributed by atoms with E-state index >= 15 is 0 Å². The van der Waals surface area contributed by atoms with Gasteiger partial charge in [0.25, 0.3) is 0 Å². The van der Waals surface area contributed by atoms with Crippen LogP contribution in [-0.2, 0) is 6.42 Å². The Morgan fingerprint density at radius 1 is 1.05 bits per heavy atom. The predicted molar refractivity (Wildman–Crippen MR) is 81.0 cm³/mol. The molecule has 0 fully saturated rings. The number of pyridine rings is 1. The fraction of sp³-hybridized carbons (Fsp3) is 0.250. The number of fused-ring (bicyclic) bond motifs is 2. The van der Waals surface area contributed by atoms with E-state index in [0.717, 1.165) is 10.8 Å². The minimum Gasteiger partial charge on any atom is -0.277 e. The molecule has 4 heteroatoms. The van der Waals surface area contributed by atoms with Gasteiger partial charge in [0.05, 0.1) is 0 Å². The second-order valence-corrected chi connectivity index (χ2v) is 6.28. The topological polar surface area (TPSA) is 30.2 Å². The molecule has 3 nitrogen and oxygen atoms in total. The average Bonchev–Trinajstić information content (AvgIpc) is 2.91. The van der Waals surface area contributed by atoms with E-state index in [-0.39, 0.29) is 0 Å². The van der Waals surface area contributed by atoms with Crippen molar-refractivity contribution in [3.8, 4) is 0 Å². The second kappa shape index (κ2) is 4.94. The van der Waals surface area contributed by atoms with Crippen molar-refractivity contribution in [1.82, 2.24) is 14.6 Å². The molecule has 0 radical (unpaired) electrons. The normalized spacial score (nSPS) is 18.1. The Kier molecular flexibility index (Phi) is 2.96. The van der Waals surface area contributed by atoms with Crippen LogP contribution in [0.2, 0.25) is 0 Å². The zero-order valence-electron chi connectivity index (χ0n) is 11.1. The lowest BCUT2D eigenvalue weighted by Crippen LogP contribution is -2.07. The largest absolute Gasteiger partial charge is 0.277 e. The highest BCUT2D eigenvalue weighted by atomic mass is 32.2. The van der Waals surface area contributed by atoms with Gasteiger partial charge in [-0.2, -0.15) is 0 Å². The highest BCUT2D eigenvalue weighted by molar-refractivity contribution is 7.99. The Balaban J connectivity index is 1.70. The van der Waals surface area contributed by atoms with Crippen LogP contribution < -0.4 is 0 Å². The van der Waals surface area contributed by atoms with Crippen molar-refractivity contribution < 1.29 is 0 Å². The van der Waals surface area contributed by atoms with Gasteiger partial charge in [0.2, 0.25) is 0 Å². The average molecular weight is 281 g/mol. The Labute approximate surface area is 122 Å². The van der Waals surface area contributed by atoms with E-state index in [2.05, 4.69) is 38.9 Å². The number of hydrogen-bond donors (Lipinski definition) is 0. The van der Waals surface area contributed by atoms with Gasteiger partial charge in [0.1, 0.15) is 0 Å². The van der Waals surface area contributed by atoms with Crippen molar-refractivity contribution >= 4 is 17.4 Å². The van der Waals surface area contributed by atoms with E-state index < -0.39 is 0 Å². The van der Waals surface area contributed by atoms with E-state index in [1.165, 1.54) is 30.4 Å². The molecular formula is C16H15N3S. The molecule has 0 saturated heterocycles. The minimum absolute atomic E-state index is 0.493. The molecule has 1 aromatic carbocycles. The quantitative estimate of drug-likeness (QED) is 0.713. The smallest absolute Gasteiger partial charge is 0.196 e. The third kappa shape index (κ3) is 2.00. The minimum atomic E-state index is 0.493. The molecule has 0 amide bonds. The molecule has 0 unspecified atom stereocenters. The number of hydrogen-bond acceptors (Lipinski definition) is 3. The van der Waals surface area contributed by atoms with Gasteiger partial charge in [-0.1, -0.05) is 42.1 Å². The molecule has 0 bridgehead atoms. The van der Waals surface area contributed by atoms with Crippen LogP contribution in [0.4, 0.5) is 0 Å². The Bertz CT molecular complexity index is 750. The first-order valence-electron chi connectivity index (χ1n) is 6.96. The lowest BCUT2D eigenvalue weighted by atomic mass is 9.91. The monoisotopic (exact) mass is 281 g/mol. The van der Waals surface area contributed by atoms with Crippen LogP contribution in [0.1, 0.15) is 29.2 Å². The molecule has 1 aliphatic rings. The molecule has 2 aromatic heterocycles. The van der Waals surface area contributed by atoms with E-state index in [0.29, 0.717) is 5.25 Å². The number of rotatable bonds is 2. The summed E-state index contributed by atoms with van der Waals surface area (Å²) in [6.07, 6.45) is 5.70. The summed E-state index contributed by atoms with van der Waals surface area (Å²) in [6.45, 7) is 0. The van der Waals surface area contributed by atoms with Crippen molar-refractivity contribution in [2.75, 3.05) is 0 Å². The van der Waals surface area contributed by atoms with Gasteiger partial charge >= 0.3 is 0 Å². The maximum atomic E-state index is 4.34. The third-order valence-electron chi connectivity index (χ3n) is 3.84. The molecule has 2 heterocycles. The first-order chi connectivity index (χ1) is 9.92. The molecule has 0 saturated carbocycles. The number of thioether (sulfide) groups is 1. The fourth-order valence-corrected chi connectivity index (χ4v) is 4.11. The van der Waals surface area contributed by atoms with Gasteiger partial charge < -0.3 is 0 Å². The molecule has 0 spiro atoms. The van der Waals surface area contributed by atoms with Crippen LogP contribution in [-0.4, -0.2) is 14.6 Å². The first-order valence-corrected chi connectivity index (χ1v) is 7.84. The van der Waals surface area contributed by atoms with Crippen molar-refractivity contribution in [3.63, 3.8) is 0 Å². The molecule has 3 aromatic rings. The summed E-state index contributed by atoms with van der Waals surface area (Å²) in [6, 6.07) is 14.8. The molecule has 100 valence electrons. The summed E-state index contributed by atoms with van der Waals surface area (Å²) in [7, 11) is 0. The van der Waals surface area contributed by atoms with E-state index in [4.69, 9.17) is 0 Å². The maximum Gasteiger partial charge on any atom is 0.196 e. The highest BCUT2D eigenvalue weighted by Gasteiger charge is 2.22. The molecule has 1 aliphatic carbocycles. The lowest BCUT2D eigenvalue weighted by molar-refractivity contribution is 0.671. The first kappa shape index (κ1) is 12.0. The molecule has 4 rings (SSSR count). The molecule has 20 heavy (non-hydrogen) atoms. The standard InChI is InChI=1S/C16H15N3S/c1-2-8-13-12(6-1)7-5-9-14(13)20-16-18-17-15-10-3-4-11-19(15)16/h1-4,6,8,10-11,14H,5,7,9H2/t14-/m0/s1. The molecular weight excluding hydrogens is 266 g/mol. The van der Waals surface area contributed by atoms with Crippen LogP contribution in [0.15, 0.2) is 53.8 Å². The SMILES string of the molecule is c1ccc2c(c1)CCC[C@@H]2Sc1nnc2ccccn12. The number of aryl methyl sites for hydroxylation is 1. The van der Waals surface area contributed by atoms with Gasteiger partial charge in [0, 0.05) is 11.4 Å². The predicted octanol–water partition coefficient (Wildman–Crippen LogP) is 3.90. The van der Waals surface area contributed by atoms with E-state index in [1.807, 2.05) is 36.2 Å². The Morgan fingerprint density at radius 3 is 2.95 bits per heavy atom. The van der Waals surface area contributed by atoms with Crippen molar-refractivity contribution in [3.05, 3.63) is 59.8 Å². The van der Waals surface area contributed by atoms with Gasteiger partial charge in [-0.3, -0.25) is 4.40 Å². The lowest BCUT2D eigenvalue weighted by Gasteiger charge is -2.24. The Hall–Kier alpha value is -1.81.